The fourth-order valence-corrected chi connectivity index (χ4v) is 4.16. The normalized spacial score (nSPS) is 12.5. The number of rotatable bonds is 5. The Morgan fingerprint density at radius 1 is 1.15 bits per heavy atom. The first-order chi connectivity index (χ1) is 12.0. The molecule has 0 heterocycles. The van der Waals surface area contributed by atoms with Crippen molar-refractivity contribution >= 4 is 50.5 Å². The van der Waals surface area contributed by atoms with Gasteiger partial charge < -0.3 is 5.32 Å². The van der Waals surface area contributed by atoms with Crippen LogP contribution in [0.15, 0.2) is 36.4 Å². The Kier molecular flexibility index (Phi) is 6.21. The van der Waals surface area contributed by atoms with E-state index in [1.807, 2.05) is 26.0 Å². The second-order valence-corrected chi connectivity index (χ2v) is 8.77. The highest BCUT2D eigenvalue weighted by Gasteiger charge is 2.31. The number of aryl methyl sites for hydroxylation is 1. The number of anilines is 2. The van der Waals surface area contributed by atoms with Gasteiger partial charge in [-0.2, -0.15) is 0 Å². The minimum Gasteiger partial charge on any atom is -0.324 e. The number of sulfonamides is 1. The first-order valence-corrected chi connectivity index (χ1v) is 10.4. The van der Waals surface area contributed by atoms with Crippen LogP contribution in [0.5, 0.6) is 0 Å². The van der Waals surface area contributed by atoms with Gasteiger partial charge in [0.25, 0.3) is 0 Å². The van der Waals surface area contributed by atoms with Gasteiger partial charge in [-0.15, -0.1) is 0 Å². The molecule has 0 aliphatic heterocycles. The molecule has 0 aliphatic rings. The molecular formula is C18H20Cl2N2O3S. The summed E-state index contributed by atoms with van der Waals surface area (Å²) >= 11 is 12.1. The number of carbonyl (C=O) groups excluding carboxylic acids is 1. The minimum absolute atomic E-state index is 0.158. The maximum Gasteiger partial charge on any atom is 0.248 e. The van der Waals surface area contributed by atoms with E-state index in [1.54, 1.807) is 12.1 Å². The molecule has 2 aromatic carbocycles. The van der Waals surface area contributed by atoms with Crippen molar-refractivity contribution in [1.29, 1.82) is 0 Å². The Balaban J connectivity index is 2.41. The fraction of sp³-hybridized carbons (Fsp3) is 0.278. The number of benzene rings is 2. The number of nitrogens with zero attached hydrogens (tertiary/aromatic N) is 1. The quantitative estimate of drug-likeness (QED) is 0.787. The summed E-state index contributed by atoms with van der Waals surface area (Å²) in [6.07, 6.45) is 1.02. The lowest BCUT2D eigenvalue weighted by molar-refractivity contribution is -0.116. The Morgan fingerprint density at radius 2 is 1.81 bits per heavy atom. The summed E-state index contributed by atoms with van der Waals surface area (Å²) in [4.78, 5) is 12.7. The first-order valence-electron chi connectivity index (χ1n) is 7.84. The van der Waals surface area contributed by atoms with Crippen LogP contribution in [0.1, 0.15) is 18.1 Å². The third kappa shape index (κ3) is 4.50. The third-order valence-electron chi connectivity index (χ3n) is 4.10. The van der Waals surface area contributed by atoms with E-state index >= 15 is 0 Å². The van der Waals surface area contributed by atoms with Gasteiger partial charge in [0.15, 0.2) is 0 Å². The van der Waals surface area contributed by atoms with E-state index in [2.05, 4.69) is 5.32 Å². The molecule has 0 unspecified atom stereocenters. The zero-order chi connectivity index (χ0) is 19.6. The van der Waals surface area contributed by atoms with Crippen molar-refractivity contribution in [2.75, 3.05) is 15.9 Å². The maximum absolute atomic E-state index is 12.7. The Labute approximate surface area is 164 Å². The highest BCUT2D eigenvalue weighted by Crippen LogP contribution is 2.32. The summed E-state index contributed by atoms with van der Waals surface area (Å²) in [7, 11) is -3.78. The van der Waals surface area contributed by atoms with Crippen LogP contribution in [0, 0.1) is 13.8 Å². The monoisotopic (exact) mass is 414 g/mol. The molecule has 5 nitrogen and oxygen atoms in total. The van der Waals surface area contributed by atoms with Crippen LogP contribution in [0.4, 0.5) is 11.4 Å². The van der Waals surface area contributed by atoms with E-state index in [1.165, 1.54) is 19.1 Å². The van der Waals surface area contributed by atoms with Gasteiger partial charge in [0.05, 0.1) is 17.0 Å². The molecule has 8 heteroatoms. The van der Waals surface area contributed by atoms with Crippen molar-refractivity contribution in [3.8, 4) is 0 Å². The lowest BCUT2D eigenvalue weighted by atomic mass is 10.1. The Hall–Kier alpha value is -1.76. The van der Waals surface area contributed by atoms with Gasteiger partial charge in [-0.1, -0.05) is 35.3 Å². The molecule has 0 fully saturated rings. The smallest absolute Gasteiger partial charge is 0.248 e. The van der Waals surface area contributed by atoms with Crippen molar-refractivity contribution in [1.82, 2.24) is 0 Å². The van der Waals surface area contributed by atoms with Crippen LogP contribution in [0.3, 0.4) is 0 Å². The molecule has 2 rings (SSSR count). The van der Waals surface area contributed by atoms with Gasteiger partial charge in [0, 0.05) is 10.7 Å². The van der Waals surface area contributed by atoms with Gasteiger partial charge in [-0.05, 0) is 56.2 Å². The summed E-state index contributed by atoms with van der Waals surface area (Å²) in [5.41, 5.74) is 2.73. The molecule has 140 valence electrons. The molecule has 0 aromatic heterocycles. The van der Waals surface area contributed by atoms with Crippen LogP contribution in [-0.2, 0) is 14.8 Å². The highest BCUT2D eigenvalue weighted by molar-refractivity contribution is 7.92. The molecule has 0 spiro atoms. The molecule has 0 saturated carbocycles. The van der Waals surface area contributed by atoms with E-state index < -0.39 is 22.0 Å². The molecule has 0 radical (unpaired) electrons. The SMILES string of the molecule is Cc1cccc(NC(=O)[C@@H](C)N(c2cc(Cl)ccc2Cl)S(C)(=O)=O)c1C. The number of hydrogen-bond donors (Lipinski definition) is 1. The lowest BCUT2D eigenvalue weighted by Gasteiger charge is -2.29. The van der Waals surface area contributed by atoms with E-state index in [0.717, 1.165) is 21.7 Å². The van der Waals surface area contributed by atoms with Gasteiger partial charge in [0.2, 0.25) is 15.9 Å². The number of carbonyl (C=O) groups is 1. The van der Waals surface area contributed by atoms with E-state index in [0.29, 0.717) is 10.7 Å². The minimum atomic E-state index is -3.78. The number of hydrogen-bond acceptors (Lipinski definition) is 3. The number of halogens is 2. The number of amides is 1. The molecule has 1 atom stereocenters. The summed E-state index contributed by atoms with van der Waals surface area (Å²) in [5.74, 6) is -0.472. The summed E-state index contributed by atoms with van der Waals surface area (Å²) in [6, 6.07) is 8.97. The largest absolute Gasteiger partial charge is 0.324 e. The predicted octanol–water partition coefficient (Wildman–Crippen LogP) is 4.40. The zero-order valence-electron chi connectivity index (χ0n) is 14.9. The van der Waals surface area contributed by atoms with Crippen LogP contribution < -0.4 is 9.62 Å². The van der Waals surface area contributed by atoms with Crippen LogP contribution in [-0.4, -0.2) is 26.6 Å². The average molecular weight is 415 g/mol. The summed E-state index contributed by atoms with van der Waals surface area (Å²) < 4.78 is 25.7. The molecule has 1 N–H and O–H groups in total. The molecule has 1 amide bonds. The topological polar surface area (TPSA) is 66.5 Å². The molecule has 0 saturated heterocycles. The number of nitrogens with one attached hydrogen (secondary N) is 1. The fourth-order valence-electron chi connectivity index (χ4n) is 2.56. The van der Waals surface area contributed by atoms with Crippen molar-refractivity contribution < 1.29 is 13.2 Å². The third-order valence-corrected chi connectivity index (χ3v) is 5.88. The van der Waals surface area contributed by atoms with Gasteiger partial charge in [0.1, 0.15) is 6.04 Å². The van der Waals surface area contributed by atoms with Crippen LogP contribution >= 0.6 is 23.2 Å². The van der Waals surface area contributed by atoms with Crippen molar-refractivity contribution in [2.45, 2.75) is 26.8 Å². The van der Waals surface area contributed by atoms with Gasteiger partial charge >= 0.3 is 0 Å². The first kappa shape index (κ1) is 20.6. The maximum atomic E-state index is 12.7. The van der Waals surface area contributed by atoms with Gasteiger partial charge in [-0.25, -0.2) is 8.42 Å². The molecule has 0 bridgehead atoms. The standard InChI is InChI=1S/C18H20Cl2N2O3S/c1-11-6-5-7-16(12(11)2)21-18(23)13(3)22(26(4,24)25)17-10-14(19)8-9-15(17)20/h5-10,13H,1-4H3,(H,21,23)/t13-/m1/s1. The zero-order valence-corrected chi connectivity index (χ0v) is 17.2. The second-order valence-electron chi connectivity index (χ2n) is 6.07. The highest BCUT2D eigenvalue weighted by atomic mass is 35.5. The van der Waals surface area contributed by atoms with Gasteiger partial charge in [-0.3, -0.25) is 9.10 Å². The Morgan fingerprint density at radius 3 is 2.42 bits per heavy atom. The summed E-state index contributed by atoms with van der Waals surface area (Å²) in [6.45, 7) is 5.32. The molecule has 2 aromatic rings. The van der Waals surface area contributed by atoms with E-state index in [-0.39, 0.29) is 10.7 Å². The average Bonchev–Trinajstić information content (AvgIpc) is 2.54. The van der Waals surface area contributed by atoms with Crippen LogP contribution in [0.25, 0.3) is 0 Å². The van der Waals surface area contributed by atoms with E-state index in [9.17, 15) is 13.2 Å². The van der Waals surface area contributed by atoms with Crippen molar-refractivity contribution in [2.24, 2.45) is 0 Å². The van der Waals surface area contributed by atoms with Crippen molar-refractivity contribution in [3.05, 3.63) is 57.6 Å². The van der Waals surface area contributed by atoms with Crippen LogP contribution in [0.2, 0.25) is 10.0 Å². The van der Waals surface area contributed by atoms with Crippen molar-refractivity contribution in [3.63, 3.8) is 0 Å². The molecule has 26 heavy (non-hydrogen) atoms. The van der Waals surface area contributed by atoms with E-state index in [4.69, 9.17) is 23.2 Å². The Bertz CT molecular complexity index is 945. The second kappa shape index (κ2) is 7.86. The molecular weight excluding hydrogens is 395 g/mol. The predicted molar refractivity (Wildman–Crippen MR) is 108 cm³/mol. The summed E-state index contributed by atoms with van der Waals surface area (Å²) in [5, 5.41) is 3.29. The molecule has 0 aliphatic carbocycles. The lowest BCUT2D eigenvalue weighted by Crippen LogP contribution is -2.45.